The van der Waals surface area contributed by atoms with Crippen LogP contribution >= 0.6 is 23.1 Å². The third kappa shape index (κ3) is 3.36. The van der Waals surface area contributed by atoms with E-state index >= 15 is 0 Å². The molecule has 0 atom stereocenters. The molecule has 4 N–H and O–H groups in total. The summed E-state index contributed by atoms with van der Waals surface area (Å²) in [5.41, 5.74) is 10.4. The molecule has 0 unspecified atom stereocenters. The number of nitrogens with two attached hydrogens (primary N) is 1. The minimum atomic E-state index is -0.164. The van der Waals surface area contributed by atoms with Gasteiger partial charge in [0, 0.05) is 21.5 Å². The summed E-state index contributed by atoms with van der Waals surface area (Å²) in [6.45, 7) is 0.856. The summed E-state index contributed by atoms with van der Waals surface area (Å²) >= 11 is 7.59. The lowest BCUT2D eigenvalue weighted by Gasteiger charge is -2.07. The fraction of sp³-hybridized carbons (Fsp3) is 0.105. The van der Waals surface area contributed by atoms with Crippen LogP contribution in [0.5, 0.6) is 0 Å². The molecule has 150 valence electrons. The van der Waals surface area contributed by atoms with Gasteiger partial charge in [0.05, 0.1) is 36.7 Å². The first kappa shape index (κ1) is 18.5. The van der Waals surface area contributed by atoms with Crippen molar-refractivity contribution in [3.05, 3.63) is 64.3 Å². The molecule has 0 saturated carbocycles. The highest BCUT2D eigenvalue weighted by molar-refractivity contribution is 7.03. The topological polar surface area (TPSA) is 127 Å². The second kappa shape index (κ2) is 7.39. The van der Waals surface area contributed by atoms with Crippen molar-refractivity contribution in [3.8, 4) is 0 Å². The number of nitrogens with zero attached hydrogens (tertiary/aromatic N) is 5. The van der Waals surface area contributed by atoms with Crippen LogP contribution in [0.25, 0.3) is 22.1 Å². The van der Waals surface area contributed by atoms with E-state index in [1.165, 1.54) is 17.9 Å². The number of aromatic nitrogens is 6. The van der Waals surface area contributed by atoms with Crippen molar-refractivity contribution in [2.45, 2.75) is 13.1 Å². The summed E-state index contributed by atoms with van der Waals surface area (Å²) in [4.78, 5) is 28.1. The van der Waals surface area contributed by atoms with Gasteiger partial charge in [0.2, 0.25) is 0 Å². The molecule has 0 radical (unpaired) electrons. The lowest BCUT2D eigenvalue weighted by atomic mass is 10.1. The number of aromatic amines is 1. The van der Waals surface area contributed by atoms with Crippen molar-refractivity contribution < 1.29 is 4.79 Å². The summed E-state index contributed by atoms with van der Waals surface area (Å²) in [6, 6.07) is 5.76. The number of carbonyl (C=O) groups is 1. The van der Waals surface area contributed by atoms with Gasteiger partial charge in [-0.1, -0.05) is 11.6 Å². The number of imidazole rings is 1. The Kier molecular flexibility index (Phi) is 4.57. The summed E-state index contributed by atoms with van der Waals surface area (Å²) in [6.07, 6.45) is 4.65. The number of nitrogen functional groups attached to an aromatic ring is 1. The van der Waals surface area contributed by atoms with E-state index in [2.05, 4.69) is 29.6 Å². The maximum atomic E-state index is 12.2. The maximum absolute atomic E-state index is 12.2. The number of fused-ring (bicyclic) bond motifs is 2. The van der Waals surface area contributed by atoms with Crippen LogP contribution in [0.15, 0.2) is 42.4 Å². The van der Waals surface area contributed by atoms with Crippen molar-refractivity contribution in [2.24, 2.45) is 0 Å². The second-order valence-electron chi connectivity index (χ2n) is 6.72. The smallest absolute Gasteiger partial charge is 0.254 e. The van der Waals surface area contributed by atoms with Crippen LogP contribution in [0.3, 0.4) is 0 Å². The van der Waals surface area contributed by atoms with E-state index < -0.39 is 0 Å². The molecular weight excluding hydrogens is 424 g/mol. The SMILES string of the molecule is Nc1ncnc2c1ncn2Cc1cc(Cl)cc2cc(CNC(=O)c3cnsc3)[nH]c12. The molecule has 1 aromatic carbocycles. The predicted molar refractivity (Wildman–Crippen MR) is 115 cm³/mol. The molecule has 0 aliphatic heterocycles. The Hall–Kier alpha value is -3.50. The van der Waals surface area contributed by atoms with Crippen molar-refractivity contribution in [3.63, 3.8) is 0 Å². The van der Waals surface area contributed by atoms with Crippen molar-refractivity contribution in [1.29, 1.82) is 0 Å². The van der Waals surface area contributed by atoms with Crippen LogP contribution < -0.4 is 11.1 Å². The predicted octanol–water partition coefficient (Wildman–Crippen LogP) is 2.98. The molecule has 11 heteroatoms. The van der Waals surface area contributed by atoms with E-state index in [-0.39, 0.29) is 5.91 Å². The Balaban J connectivity index is 1.45. The monoisotopic (exact) mass is 438 g/mol. The Bertz CT molecular complexity index is 1370. The van der Waals surface area contributed by atoms with E-state index in [0.29, 0.717) is 40.7 Å². The summed E-state index contributed by atoms with van der Waals surface area (Å²) in [7, 11) is 0. The molecule has 30 heavy (non-hydrogen) atoms. The van der Waals surface area contributed by atoms with Crippen molar-refractivity contribution >= 4 is 56.9 Å². The number of benzene rings is 1. The van der Waals surface area contributed by atoms with Gasteiger partial charge in [-0.15, -0.1) is 0 Å². The molecule has 0 fully saturated rings. The Labute approximate surface area is 179 Å². The largest absolute Gasteiger partial charge is 0.382 e. The molecule has 5 aromatic rings. The van der Waals surface area contributed by atoms with Gasteiger partial charge in [0.1, 0.15) is 11.8 Å². The van der Waals surface area contributed by atoms with Crippen LogP contribution in [0, 0.1) is 0 Å². The minimum absolute atomic E-state index is 0.164. The average Bonchev–Trinajstić information content (AvgIpc) is 3.46. The van der Waals surface area contributed by atoms with Crippen LogP contribution in [0.4, 0.5) is 5.82 Å². The number of halogens is 1. The van der Waals surface area contributed by atoms with Gasteiger partial charge in [-0.05, 0) is 35.3 Å². The van der Waals surface area contributed by atoms with Crippen LogP contribution in [0.1, 0.15) is 21.6 Å². The zero-order valence-corrected chi connectivity index (χ0v) is 17.0. The number of hydrogen-bond acceptors (Lipinski definition) is 7. The number of hydrogen-bond donors (Lipinski definition) is 3. The molecular formula is C19H15ClN8OS. The molecule has 0 aliphatic carbocycles. The van der Waals surface area contributed by atoms with E-state index in [0.717, 1.165) is 22.2 Å². The van der Waals surface area contributed by atoms with Gasteiger partial charge in [0.25, 0.3) is 5.91 Å². The molecule has 0 spiro atoms. The molecule has 0 bridgehead atoms. The Morgan fingerprint density at radius 1 is 1.27 bits per heavy atom. The van der Waals surface area contributed by atoms with Gasteiger partial charge >= 0.3 is 0 Å². The highest BCUT2D eigenvalue weighted by Gasteiger charge is 2.13. The molecule has 9 nitrogen and oxygen atoms in total. The first-order valence-electron chi connectivity index (χ1n) is 8.97. The number of rotatable bonds is 5. The summed E-state index contributed by atoms with van der Waals surface area (Å²) in [5.74, 6) is 0.177. The zero-order valence-electron chi connectivity index (χ0n) is 15.5. The van der Waals surface area contributed by atoms with E-state index in [1.807, 2.05) is 22.8 Å². The quantitative estimate of drug-likeness (QED) is 0.387. The molecule has 0 aliphatic rings. The minimum Gasteiger partial charge on any atom is -0.382 e. The third-order valence-corrected chi connectivity index (χ3v) is 5.54. The van der Waals surface area contributed by atoms with Gasteiger partial charge in [-0.3, -0.25) is 4.79 Å². The number of nitrogens with one attached hydrogen (secondary N) is 2. The standard InChI is InChI=1S/C19H15ClN8OS/c20-13-1-10-3-14(5-22-19(29)12-4-26-30-7-12)27-15(10)11(2-13)6-28-9-25-16-17(21)23-8-24-18(16)28/h1-4,7-9,27H,5-6H2,(H,22,29)(H2,21,23,24). The van der Waals surface area contributed by atoms with E-state index in [1.54, 1.807) is 17.9 Å². The van der Waals surface area contributed by atoms with E-state index in [4.69, 9.17) is 17.3 Å². The van der Waals surface area contributed by atoms with Crippen molar-refractivity contribution in [1.82, 2.24) is 34.2 Å². The maximum Gasteiger partial charge on any atom is 0.254 e. The molecule has 0 saturated heterocycles. The zero-order chi connectivity index (χ0) is 20.7. The van der Waals surface area contributed by atoms with Gasteiger partial charge < -0.3 is 20.6 Å². The third-order valence-electron chi connectivity index (χ3n) is 4.73. The first-order valence-corrected chi connectivity index (χ1v) is 10.2. The van der Waals surface area contributed by atoms with E-state index in [9.17, 15) is 4.79 Å². The Morgan fingerprint density at radius 3 is 3.00 bits per heavy atom. The van der Waals surface area contributed by atoms with Crippen LogP contribution in [-0.4, -0.2) is 34.8 Å². The summed E-state index contributed by atoms with van der Waals surface area (Å²) in [5, 5.41) is 6.18. The molecule has 5 rings (SSSR count). The first-order chi connectivity index (χ1) is 14.6. The van der Waals surface area contributed by atoms with Gasteiger partial charge in [-0.25, -0.2) is 19.3 Å². The molecule has 4 aromatic heterocycles. The molecule has 1 amide bonds. The van der Waals surface area contributed by atoms with Crippen LogP contribution in [0.2, 0.25) is 5.02 Å². The lowest BCUT2D eigenvalue weighted by Crippen LogP contribution is -2.22. The van der Waals surface area contributed by atoms with Crippen LogP contribution in [-0.2, 0) is 13.1 Å². The lowest BCUT2D eigenvalue weighted by molar-refractivity contribution is 0.0950. The second-order valence-corrected chi connectivity index (χ2v) is 7.82. The molecule has 4 heterocycles. The fourth-order valence-electron chi connectivity index (χ4n) is 3.35. The highest BCUT2D eigenvalue weighted by atomic mass is 35.5. The number of amides is 1. The number of H-pyrrole nitrogens is 1. The summed E-state index contributed by atoms with van der Waals surface area (Å²) < 4.78 is 5.84. The number of anilines is 1. The fourth-order valence-corrected chi connectivity index (χ4v) is 4.12. The Morgan fingerprint density at radius 2 is 2.17 bits per heavy atom. The van der Waals surface area contributed by atoms with Gasteiger partial charge in [0.15, 0.2) is 11.5 Å². The average molecular weight is 439 g/mol. The normalized spacial score (nSPS) is 11.4. The van der Waals surface area contributed by atoms with Crippen molar-refractivity contribution in [2.75, 3.05) is 5.73 Å². The van der Waals surface area contributed by atoms with Gasteiger partial charge in [-0.2, -0.15) is 0 Å². The highest BCUT2D eigenvalue weighted by Crippen LogP contribution is 2.26. The number of carbonyl (C=O) groups excluding carboxylic acids is 1.